The summed E-state index contributed by atoms with van der Waals surface area (Å²) in [5, 5.41) is 10.8. The molecule has 82 valence electrons. The minimum atomic E-state index is -1.08. The van der Waals surface area contributed by atoms with Crippen molar-refractivity contribution in [1.82, 2.24) is 5.32 Å². The van der Waals surface area contributed by atoms with Gasteiger partial charge in [-0.15, -0.1) is 0 Å². The molecular weight excluding hydrogens is 186 g/mol. The molecule has 0 radical (unpaired) electrons. The van der Waals surface area contributed by atoms with Crippen molar-refractivity contribution >= 4 is 11.9 Å². The smallest absolute Gasteiger partial charge is 0.325 e. The van der Waals surface area contributed by atoms with Crippen molar-refractivity contribution in [3.05, 3.63) is 0 Å². The summed E-state index contributed by atoms with van der Waals surface area (Å²) in [7, 11) is 0. The third-order valence-corrected chi connectivity index (χ3v) is 1.79. The summed E-state index contributed by atoms with van der Waals surface area (Å²) in [6.07, 6.45) is 1.12. The van der Waals surface area contributed by atoms with E-state index in [1.165, 1.54) is 6.92 Å². The Morgan fingerprint density at radius 3 is 2.50 bits per heavy atom. The highest BCUT2D eigenvalue weighted by molar-refractivity contribution is 5.86. The van der Waals surface area contributed by atoms with Crippen molar-refractivity contribution in [2.45, 2.75) is 31.8 Å². The van der Waals surface area contributed by atoms with Crippen LogP contribution in [0.3, 0.4) is 0 Å². The standard InChI is InChI=1S/C8H17N3O3/c1-5(8(13)14)11-7(12)6(10)3-2-4-9/h5-6H,2-4,9-10H2,1H3,(H,11,12)(H,13,14)/t5?,6-/m0/s1. The number of rotatable bonds is 6. The maximum atomic E-state index is 11.2. The zero-order valence-electron chi connectivity index (χ0n) is 8.19. The van der Waals surface area contributed by atoms with E-state index in [9.17, 15) is 9.59 Å². The SMILES string of the molecule is CC(NC(=O)[C@@H](N)CCCN)C(=O)O. The Morgan fingerprint density at radius 2 is 2.07 bits per heavy atom. The summed E-state index contributed by atoms with van der Waals surface area (Å²) < 4.78 is 0. The van der Waals surface area contributed by atoms with E-state index in [-0.39, 0.29) is 0 Å². The molecule has 1 unspecified atom stereocenters. The van der Waals surface area contributed by atoms with Crippen LogP contribution in [0.2, 0.25) is 0 Å². The van der Waals surface area contributed by atoms with E-state index < -0.39 is 24.0 Å². The lowest BCUT2D eigenvalue weighted by molar-refractivity contribution is -0.141. The second-order valence-corrected chi connectivity index (χ2v) is 3.11. The molecule has 6 heteroatoms. The number of nitrogens with one attached hydrogen (secondary N) is 1. The minimum Gasteiger partial charge on any atom is -0.480 e. The van der Waals surface area contributed by atoms with Crippen LogP contribution in [0.15, 0.2) is 0 Å². The molecule has 0 aliphatic heterocycles. The average Bonchev–Trinajstić information content (AvgIpc) is 2.13. The molecule has 0 aromatic heterocycles. The summed E-state index contributed by atoms with van der Waals surface area (Å²) in [6.45, 7) is 1.85. The Labute approximate surface area is 82.6 Å². The number of carboxylic acid groups (broad SMARTS) is 1. The van der Waals surface area contributed by atoms with Crippen molar-refractivity contribution in [3.63, 3.8) is 0 Å². The predicted octanol–water partition coefficient (Wildman–Crippen LogP) is -1.36. The van der Waals surface area contributed by atoms with Gasteiger partial charge in [-0.25, -0.2) is 0 Å². The summed E-state index contributed by atoms with van der Waals surface area (Å²) in [5.41, 5.74) is 10.7. The number of carbonyl (C=O) groups excluding carboxylic acids is 1. The lowest BCUT2D eigenvalue weighted by Crippen LogP contribution is -2.47. The minimum absolute atomic E-state index is 0.451. The van der Waals surface area contributed by atoms with Crippen molar-refractivity contribution in [3.8, 4) is 0 Å². The van der Waals surface area contributed by atoms with Crippen LogP contribution in [0, 0.1) is 0 Å². The first-order valence-electron chi connectivity index (χ1n) is 4.48. The van der Waals surface area contributed by atoms with E-state index in [1.54, 1.807) is 0 Å². The van der Waals surface area contributed by atoms with Gasteiger partial charge in [0.25, 0.3) is 0 Å². The van der Waals surface area contributed by atoms with Crippen LogP contribution in [-0.4, -0.2) is 35.6 Å². The molecule has 0 aromatic carbocycles. The number of hydrogen-bond acceptors (Lipinski definition) is 4. The Kier molecular flexibility index (Phi) is 5.82. The molecule has 0 aliphatic rings. The van der Waals surface area contributed by atoms with Crippen LogP contribution in [-0.2, 0) is 9.59 Å². The molecule has 0 saturated heterocycles. The third kappa shape index (κ3) is 4.78. The number of carboxylic acids is 1. The average molecular weight is 203 g/mol. The van der Waals surface area contributed by atoms with Gasteiger partial charge in [-0.2, -0.15) is 0 Å². The first-order chi connectivity index (χ1) is 6.49. The molecule has 0 bridgehead atoms. The second-order valence-electron chi connectivity index (χ2n) is 3.11. The lowest BCUT2D eigenvalue weighted by atomic mass is 10.1. The molecule has 0 fully saturated rings. The Balaban J connectivity index is 3.88. The topological polar surface area (TPSA) is 118 Å². The Morgan fingerprint density at radius 1 is 1.50 bits per heavy atom. The Hall–Kier alpha value is -1.14. The maximum Gasteiger partial charge on any atom is 0.325 e. The first kappa shape index (κ1) is 12.9. The fourth-order valence-electron chi connectivity index (χ4n) is 0.851. The van der Waals surface area contributed by atoms with Gasteiger partial charge >= 0.3 is 5.97 Å². The zero-order valence-corrected chi connectivity index (χ0v) is 8.19. The molecule has 6 nitrogen and oxygen atoms in total. The van der Waals surface area contributed by atoms with Crippen LogP contribution in [0.5, 0.6) is 0 Å². The highest BCUT2D eigenvalue weighted by Gasteiger charge is 2.18. The maximum absolute atomic E-state index is 11.2. The lowest BCUT2D eigenvalue weighted by Gasteiger charge is -2.14. The molecule has 14 heavy (non-hydrogen) atoms. The van der Waals surface area contributed by atoms with E-state index in [2.05, 4.69) is 5.32 Å². The number of carbonyl (C=O) groups is 2. The molecule has 6 N–H and O–H groups in total. The van der Waals surface area contributed by atoms with E-state index in [0.717, 1.165) is 0 Å². The molecular formula is C8H17N3O3. The summed E-state index contributed by atoms with van der Waals surface area (Å²) in [4.78, 5) is 21.6. The van der Waals surface area contributed by atoms with Gasteiger partial charge in [-0.3, -0.25) is 9.59 Å². The molecule has 0 spiro atoms. The van der Waals surface area contributed by atoms with Gasteiger partial charge in [0.05, 0.1) is 6.04 Å². The van der Waals surface area contributed by atoms with Crippen molar-refractivity contribution in [1.29, 1.82) is 0 Å². The molecule has 2 atom stereocenters. The molecule has 1 amide bonds. The van der Waals surface area contributed by atoms with Crippen LogP contribution >= 0.6 is 0 Å². The van der Waals surface area contributed by atoms with Crippen molar-refractivity contribution < 1.29 is 14.7 Å². The zero-order chi connectivity index (χ0) is 11.1. The van der Waals surface area contributed by atoms with Crippen LogP contribution in [0.1, 0.15) is 19.8 Å². The Bertz CT molecular complexity index is 208. The molecule has 0 aliphatic carbocycles. The molecule has 0 aromatic rings. The molecule has 0 heterocycles. The van der Waals surface area contributed by atoms with Gasteiger partial charge in [0.1, 0.15) is 6.04 Å². The summed E-state index contributed by atoms with van der Waals surface area (Å²) in [5.74, 6) is -1.53. The monoisotopic (exact) mass is 203 g/mol. The van der Waals surface area contributed by atoms with Crippen molar-refractivity contribution in [2.75, 3.05) is 6.54 Å². The number of hydrogen-bond donors (Lipinski definition) is 4. The number of amides is 1. The van der Waals surface area contributed by atoms with E-state index in [4.69, 9.17) is 16.6 Å². The van der Waals surface area contributed by atoms with Crippen LogP contribution < -0.4 is 16.8 Å². The number of nitrogens with two attached hydrogens (primary N) is 2. The normalized spacial score (nSPS) is 14.5. The van der Waals surface area contributed by atoms with Crippen LogP contribution in [0.25, 0.3) is 0 Å². The highest BCUT2D eigenvalue weighted by atomic mass is 16.4. The van der Waals surface area contributed by atoms with Gasteiger partial charge in [0.2, 0.25) is 5.91 Å². The van der Waals surface area contributed by atoms with Gasteiger partial charge in [-0.05, 0) is 26.3 Å². The third-order valence-electron chi connectivity index (χ3n) is 1.79. The van der Waals surface area contributed by atoms with Gasteiger partial charge < -0.3 is 21.9 Å². The fraction of sp³-hybridized carbons (Fsp3) is 0.750. The summed E-state index contributed by atoms with van der Waals surface area (Å²) >= 11 is 0. The predicted molar refractivity (Wildman–Crippen MR) is 51.5 cm³/mol. The van der Waals surface area contributed by atoms with E-state index in [1.807, 2.05) is 0 Å². The number of aliphatic carboxylic acids is 1. The summed E-state index contributed by atoms with van der Waals surface area (Å²) in [6, 6.07) is -1.59. The fourth-order valence-corrected chi connectivity index (χ4v) is 0.851. The first-order valence-corrected chi connectivity index (χ1v) is 4.48. The van der Waals surface area contributed by atoms with Gasteiger partial charge in [-0.1, -0.05) is 0 Å². The van der Waals surface area contributed by atoms with Gasteiger partial charge in [0.15, 0.2) is 0 Å². The van der Waals surface area contributed by atoms with Gasteiger partial charge in [0, 0.05) is 0 Å². The molecule has 0 saturated carbocycles. The van der Waals surface area contributed by atoms with Crippen LogP contribution in [0.4, 0.5) is 0 Å². The quantitative estimate of drug-likeness (QED) is 0.425. The molecule has 0 rings (SSSR count). The second kappa shape index (κ2) is 6.33. The van der Waals surface area contributed by atoms with E-state index in [0.29, 0.717) is 19.4 Å². The highest BCUT2D eigenvalue weighted by Crippen LogP contribution is 1.93. The van der Waals surface area contributed by atoms with Crippen molar-refractivity contribution in [2.24, 2.45) is 11.5 Å². The van der Waals surface area contributed by atoms with E-state index >= 15 is 0 Å². The largest absolute Gasteiger partial charge is 0.480 e.